The first-order valence-corrected chi connectivity index (χ1v) is 14.3. The number of hydrogen-bond donors (Lipinski definition) is 1. The van der Waals surface area contributed by atoms with Crippen LogP contribution in [0.25, 0.3) is 0 Å². The second-order valence-corrected chi connectivity index (χ2v) is 11.8. The van der Waals surface area contributed by atoms with E-state index in [0.29, 0.717) is 15.6 Å². The van der Waals surface area contributed by atoms with Crippen LogP contribution in [0.4, 0.5) is 5.69 Å². The van der Waals surface area contributed by atoms with Crippen LogP contribution in [-0.4, -0.2) is 51.9 Å². The van der Waals surface area contributed by atoms with E-state index < -0.39 is 34.4 Å². The highest BCUT2D eigenvalue weighted by Gasteiger charge is 2.34. The van der Waals surface area contributed by atoms with Crippen molar-refractivity contribution in [2.45, 2.75) is 31.3 Å². The number of anilines is 1. The number of rotatable bonds is 10. The fraction of sp³-hybridized carbons (Fsp3) is 0.259. The smallest absolute Gasteiger partial charge is 0.264 e. The average molecular weight is 613 g/mol. The lowest BCUT2D eigenvalue weighted by Gasteiger charge is -2.32. The Hall–Kier alpha value is -2.98. The Morgan fingerprint density at radius 2 is 1.59 bits per heavy atom. The number of aryl methyl sites for hydroxylation is 1. The molecule has 0 fully saturated rings. The Morgan fingerprint density at radius 1 is 0.974 bits per heavy atom. The zero-order valence-corrected chi connectivity index (χ0v) is 24.8. The van der Waals surface area contributed by atoms with Crippen molar-refractivity contribution in [1.29, 1.82) is 0 Å². The summed E-state index contributed by atoms with van der Waals surface area (Å²) in [6, 6.07) is 14.5. The summed E-state index contributed by atoms with van der Waals surface area (Å²) in [5.74, 6) is -0.911. The predicted molar refractivity (Wildman–Crippen MR) is 154 cm³/mol. The molecule has 0 aliphatic rings. The van der Waals surface area contributed by atoms with Gasteiger partial charge in [0, 0.05) is 28.7 Å². The van der Waals surface area contributed by atoms with Crippen LogP contribution in [0.3, 0.4) is 0 Å². The monoisotopic (exact) mass is 611 g/mol. The highest BCUT2D eigenvalue weighted by atomic mass is 35.5. The molecule has 3 aromatic rings. The summed E-state index contributed by atoms with van der Waals surface area (Å²) in [5.41, 5.74) is 1.46. The number of carbonyl (C=O) groups excluding carboxylic acids is 2. The van der Waals surface area contributed by atoms with E-state index in [1.807, 2.05) is 6.92 Å². The molecule has 1 atom stereocenters. The lowest BCUT2D eigenvalue weighted by atomic mass is 10.1. The van der Waals surface area contributed by atoms with Crippen LogP contribution >= 0.6 is 34.8 Å². The van der Waals surface area contributed by atoms with Crippen molar-refractivity contribution in [3.8, 4) is 5.75 Å². The molecule has 0 aliphatic carbocycles. The summed E-state index contributed by atoms with van der Waals surface area (Å²) in [6.07, 6.45) is 0. The number of sulfonamides is 1. The van der Waals surface area contributed by atoms with E-state index in [9.17, 15) is 18.0 Å². The van der Waals surface area contributed by atoms with Gasteiger partial charge in [0.25, 0.3) is 10.0 Å². The standard InChI is InChI=1S/C27H28Cl3N3O5S/c1-17-5-10-22(11-6-17)39(36,37)33(24-14-21(29)9-12-25(24)38-4)16-26(34)32(18(2)27(35)31-3)15-19-7-8-20(28)13-23(19)30/h5-14,18H,15-16H2,1-4H3,(H,31,35). The van der Waals surface area contributed by atoms with E-state index in [-0.39, 0.29) is 27.9 Å². The second kappa shape index (κ2) is 12.9. The van der Waals surface area contributed by atoms with Gasteiger partial charge in [-0.2, -0.15) is 0 Å². The number of likely N-dealkylation sites (N-methyl/N-ethyl adjacent to an activating group) is 1. The first-order chi connectivity index (χ1) is 18.4. The van der Waals surface area contributed by atoms with Crippen molar-refractivity contribution in [3.63, 3.8) is 0 Å². The lowest BCUT2D eigenvalue weighted by molar-refractivity contribution is -0.139. The SMILES string of the molecule is CNC(=O)C(C)N(Cc1ccc(Cl)cc1Cl)C(=O)CN(c1cc(Cl)ccc1OC)S(=O)(=O)c1ccc(C)cc1. The third-order valence-electron chi connectivity index (χ3n) is 6.07. The average Bonchev–Trinajstić information content (AvgIpc) is 2.90. The first-order valence-electron chi connectivity index (χ1n) is 11.8. The molecule has 0 bridgehead atoms. The van der Waals surface area contributed by atoms with Gasteiger partial charge >= 0.3 is 0 Å². The van der Waals surface area contributed by atoms with Crippen LogP contribution in [0, 0.1) is 6.92 Å². The molecule has 12 heteroatoms. The maximum Gasteiger partial charge on any atom is 0.264 e. The van der Waals surface area contributed by atoms with Crippen LogP contribution < -0.4 is 14.4 Å². The number of nitrogens with one attached hydrogen (secondary N) is 1. The molecule has 0 saturated heterocycles. The summed E-state index contributed by atoms with van der Waals surface area (Å²) in [6.45, 7) is 2.64. The molecule has 0 heterocycles. The number of nitrogens with zero attached hydrogens (tertiary/aromatic N) is 2. The summed E-state index contributed by atoms with van der Waals surface area (Å²) in [4.78, 5) is 27.7. The topological polar surface area (TPSA) is 96.0 Å². The lowest BCUT2D eigenvalue weighted by Crippen LogP contribution is -2.50. The molecule has 0 aliphatic heterocycles. The van der Waals surface area contributed by atoms with Gasteiger partial charge in [0.05, 0.1) is 17.7 Å². The van der Waals surface area contributed by atoms with Crippen LogP contribution in [0.1, 0.15) is 18.1 Å². The number of halogens is 3. The quantitative estimate of drug-likeness (QED) is 0.334. The third-order valence-corrected chi connectivity index (χ3v) is 8.66. The second-order valence-electron chi connectivity index (χ2n) is 8.69. The maximum atomic E-state index is 13.9. The molecule has 8 nitrogen and oxygen atoms in total. The zero-order chi connectivity index (χ0) is 28.9. The van der Waals surface area contributed by atoms with E-state index in [4.69, 9.17) is 39.5 Å². The Kier molecular flexibility index (Phi) is 10.1. The van der Waals surface area contributed by atoms with Crippen molar-refractivity contribution >= 4 is 62.3 Å². The minimum Gasteiger partial charge on any atom is -0.495 e. The first kappa shape index (κ1) is 30.6. The number of amides is 2. The summed E-state index contributed by atoms with van der Waals surface area (Å²) < 4.78 is 34.2. The summed E-state index contributed by atoms with van der Waals surface area (Å²) in [5, 5.41) is 3.47. The number of carbonyl (C=O) groups is 2. The number of ether oxygens (including phenoxy) is 1. The Morgan fingerprint density at radius 3 is 2.18 bits per heavy atom. The molecule has 39 heavy (non-hydrogen) atoms. The van der Waals surface area contributed by atoms with E-state index in [1.165, 1.54) is 49.4 Å². The van der Waals surface area contributed by atoms with Gasteiger partial charge in [-0.25, -0.2) is 8.42 Å². The van der Waals surface area contributed by atoms with Crippen molar-refractivity contribution in [2.24, 2.45) is 0 Å². The minimum absolute atomic E-state index is 0.0328. The van der Waals surface area contributed by atoms with E-state index >= 15 is 0 Å². The molecule has 3 aromatic carbocycles. The molecule has 1 N–H and O–H groups in total. The van der Waals surface area contributed by atoms with Gasteiger partial charge in [0.15, 0.2) is 0 Å². The Balaban J connectivity index is 2.12. The normalized spacial score (nSPS) is 12.0. The van der Waals surface area contributed by atoms with Gasteiger partial charge in [0.2, 0.25) is 11.8 Å². The molecule has 0 radical (unpaired) electrons. The van der Waals surface area contributed by atoms with Crippen molar-refractivity contribution in [1.82, 2.24) is 10.2 Å². The zero-order valence-electron chi connectivity index (χ0n) is 21.7. The molecule has 0 saturated carbocycles. The molecular formula is C27H28Cl3N3O5S. The third kappa shape index (κ3) is 7.16. The van der Waals surface area contributed by atoms with Gasteiger partial charge in [-0.1, -0.05) is 58.6 Å². The molecule has 208 valence electrons. The molecule has 2 amide bonds. The van der Waals surface area contributed by atoms with Crippen molar-refractivity contribution < 1.29 is 22.7 Å². The van der Waals surface area contributed by atoms with Crippen molar-refractivity contribution in [2.75, 3.05) is 25.0 Å². The Bertz CT molecular complexity index is 1470. The fourth-order valence-electron chi connectivity index (χ4n) is 3.83. The molecule has 0 aromatic heterocycles. The predicted octanol–water partition coefficient (Wildman–Crippen LogP) is 5.32. The number of hydrogen-bond acceptors (Lipinski definition) is 5. The minimum atomic E-state index is -4.28. The van der Waals surface area contributed by atoms with Crippen molar-refractivity contribution in [3.05, 3.63) is 86.9 Å². The maximum absolute atomic E-state index is 13.9. The molecule has 0 spiro atoms. The molecule has 1 unspecified atom stereocenters. The van der Waals surface area contributed by atoms with Crippen LogP contribution in [0.15, 0.2) is 65.6 Å². The number of benzene rings is 3. The number of methoxy groups -OCH3 is 1. The van der Waals surface area contributed by atoms with Gasteiger partial charge in [-0.05, 0) is 61.9 Å². The Labute approximate surface area is 243 Å². The van der Waals surface area contributed by atoms with E-state index in [2.05, 4.69) is 5.32 Å². The van der Waals surface area contributed by atoms with Gasteiger partial charge < -0.3 is 15.0 Å². The van der Waals surface area contributed by atoms with Crippen LogP contribution in [0.2, 0.25) is 15.1 Å². The molecular weight excluding hydrogens is 585 g/mol. The van der Waals surface area contributed by atoms with E-state index in [1.54, 1.807) is 37.3 Å². The largest absolute Gasteiger partial charge is 0.495 e. The summed E-state index contributed by atoms with van der Waals surface area (Å²) in [7, 11) is -1.45. The van der Waals surface area contributed by atoms with Crippen LogP contribution in [0.5, 0.6) is 5.75 Å². The fourth-order valence-corrected chi connectivity index (χ4v) is 5.88. The van der Waals surface area contributed by atoms with Gasteiger partial charge in [-0.3, -0.25) is 13.9 Å². The van der Waals surface area contributed by atoms with Gasteiger partial charge in [-0.15, -0.1) is 0 Å². The summed E-state index contributed by atoms with van der Waals surface area (Å²) >= 11 is 18.6. The highest BCUT2D eigenvalue weighted by Crippen LogP contribution is 2.35. The molecule has 3 rings (SSSR count). The van der Waals surface area contributed by atoms with Crippen LogP contribution in [-0.2, 0) is 26.2 Å². The highest BCUT2D eigenvalue weighted by molar-refractivity contribution is 7.92. The van der Waals surface area contributed by atoms with Gasteiger partial charge in [0.1, 0.15) is 18.3 Å². The van der Waals surface area contributed by atoms with E-state index in [0.717, 1.165) is 9.87 Å².